The van der Waals surface area contributed by atoms with Crippen molar-refractivity contribution in [1.82, 2.24) is 9.97 Å². The topological polar surface area (TPSA) is 96.9 Å². The zero-order valence-electron chi connectivity index (χ0n) is 11.5. The van der Waals surface area contributed by atoms with Crippen LogP contribution >= 0.6 is 11.6 Å². The number of nitrogens with one attached hydrogen (secondary N) is 2. The number of halogens is 4. The molecule has 0 aliphatic heterocycles. The number of alkyl halides is 3. The van der Waals surface area contributed by atoms with Crippen molar-refractivity contribution in [2.45, 2.75) is 12.9 Å². The summed E-state index contributed by atoms with van der Waals surface area (Å²) in [4.78, 5) is 7.66. The van der Waals surface area contributed by atoms with E-state index in [1.165, 1.54) is 24.3 Å². The summed E-state index contributed by atoms with van der Waals surface area (Å²) in [6.07, 6.45) is -3.75. The molecule has 2 rings (SSSR count). The minimum absolute atomic E-state index is 0.0314. The molecule has 1 aromatic heterocycles. The molecule has 23 heavy (non-hydrogen) atoms. The van der Waals surface area contributed by atoms with Gasteiger partial charge in [0.2, 0.25) is 5.95 Å². The maximum Gasteiger partial charge on any atom is 0.573 e. The highest BCUT2D eigenvalue weighted by atomic mass is 35.5. The molecule has 10 heteroatoms. The normalized spacial score (nSPS) is 11.1. The van der Waals surface area contributed by atoms with Gasteiger partial charge in [-0.2, -0.15) is 4.98 Å². The number of hydrogen-bond donors (Lipinski definition) is 3. The van der Waals surface area contributed by atoms with E-state index in [0.717, 1.165) is 6.21 Å². The Balaban J connectivity index is 2.08. The first-order valence-electron chi connectivity index (χ1n) is 6.20. The van der Waals surface area contributed by atoms with Crippen molar-refractivity contribution in [2.24, 2.45) is 0 Å². The molecular weight excluding hydrogens is 335 g/mol. The standard InChI is InChI=1S/C13H11ClF3N5O/c14-10-9(5-18)11(22-12(19)21-10)20-6-7-1-3-8(4-2-7)23-13(15,16)17/h1-5,18H,6H2,(H3,19,20,21,22). The number of nitrogens with two attached hydrogens (primary N) is 1. The SMILES string of the molecule is N=Cc1c(Cl)nc(N)nc1NCc1ccc(OC(F)(F)F)cc1. The lowest BCUT2D eigenvalue weighted by atomic mass is 10.2. The summed E-state index contributed by atoms with van der Waals surface area (Å²) in [6.45, 7) is 0.236. The molecule has 2 aromatic rings. The van der Waals surface area contributed by atoms with Gasteiger partial charge < -0.3 is 21.2 Å². The van der Waals surface area contributed by atoms with E-state index in [0.29, 0.717) is 5.56 Å². The lowest BCUT2D eigenvalue weighted by Crippen LogP contribution is -2.17. The van der Waals surface area contributed by atoms with Crippen molar-refractivity contribution < 1.29 is 17.9 Å². The van der Waals surface area contributed by atoms with E-state index in [1.54, 1.807) is 0 Å². The van der Waals surface area contributed by atoms with Crippen LogP contribution < -0.4 is 15.8 Å². The molecular formula is C13H11ClF3N5O. The first kappa shape index (κ1) is 16.8. The van der Waals surface area contributed by atoms with Gasteiger partial charge in [0.15, 0.2) is 0 Å². The van der Waals surface area contributed by atoms with Gasteiger partial charge in [0, 0.05) is 12.8 Å². The largest absolute Gasteiger partial charge is 0.573 e. The highest BCUT2D eigenvalue weighted by Gasteiger charge is 2.30. The van der Waals surface area contributed by atoms with Crippen molar-refractivity contribution in [3.63, 3.8) is 0 Å². The van der Waals surface area contributed by atoms with Gasteiger partial charge in [0.1, 0.15) is 16.7 Å². The Hall–Kier alpha value is -2.55. The number of aromatic nitrogens is 2. The van der Waals surface area contributed by atoms with Crippen LogP contribution in [0.15, 0.2) is 24.3 Å². The van der Waals surface area contributed by atoms with E-state index >= 15 is 0 Å². The number of anilines is 2. The molecule has 4 N–H and O–H groups in total. The Kier molecular flexibility index (Phi) is 4.89. The predicted octanol–water partition coefficient (Wildman–Crippen LogP) is 3.22. The molecule has 0 amide bonds. The number of benzene rings is 1. The summed E-state index contributed by atoms with van der Waals surface area (Å²) in [5, 5.41) is 10.2. The van der Waals surface area contributed by atoms with Gasteiger partial charge in [0.25, 0.3) is 0 Å². The Morgan fingerprint density at radius 2 is 1.91 bits per heavy atom. The summed E-state index contributed by atoms with van der Waals surface area (Å²) in [6, 6.07) is 5.32. The van der Waals surface area contributed by atoms with Gasteiger partial charge in [-0.1, -0.05) is 23.7 Å². The molecule has 0 unspecified atom stereocenters. The zero-order valence-corrected chi connectivity index (χ0v) is 12.2. The number of ether oxygens (including phenoxy) is 1. The minimum atomic E-state index is -4.73. The van der Waals surface area contributed by atoms with Gasteiger partial charge >= 0.3 is 6.36 Å². The first-order chi connectivity index (χ1) is 10.8. The molecule has 0 spiro atoms. The molecule has 122 valence electrons. The van der Waals surface area contributed by atoms with Crippen LogP contribution in [0.4, 0.5) is 24.9 Å². The number of nitrogen functional groups attached to an aromatic ring is 1. The van der Waals surface area contributed by atoms with Crippen LogP contribution in [-0.4, -0.2) is 22.5 Å². The second-order valence-electron chi connectivity index (χ2n) is 4.32. The summed E-state index contributed by atoms with van der Waals surface area (Å²) in [5.41, 5.74) is 6.42. The van der Waals surface area contributed by atoms with Crippen molar-refractivity contribution in [3.8, 4) is 5.75 Å². The van der Waals surface area contributed by atoms with E-state index in [2.05, 4.69) is 20.0 Å². The van der Waals surface area contributed by atoms with Crippen LogP contribution in [0.2, 0.25) is 5.15 Å². The Morgan fingerprint density at radius 1 is 1.26 bits per heavy atom. The molecule has 0 bridgehead atoms. The lowest BCUT2D eigenvalue weighted by molar-refractivity contribution is -0.274. The quantitative estimate of drug-likeness (QED) is 0.571. The molecule has 0 atom stereocenters. The number of rotatable bonds is 5. The van der Waals surface area contributed by atoms with Gasteiger partial charge in [0.05, 0.1) is 5.56 Å². The number of nitrogens with zero attached hydrogens (tertiary/aromatic N) is 2. The first-order valence-corrected chi connectivity index (χ1v) is 6.58. The fourth-order valence-electron chi connectivity index (χ4n) is 1.72. The lowest BCUT2D eigenvalue weighted by Gasteiger charge is -2.11. The molecule has 0 aliphatic carbocycles. The van der Waals surface area contributed by atoms with E-state index in [9.17, 15) is 13.2 Å². The smallest absolute Gasteiger partial charge is 0.406 e. The molecule has 0 aliphatic rings. The van der Waals surface area contributed by atoms with Gasteiger partial charge in [-0.25, -0.2) is 4.98 Å². The van der Waals surface area contributed by atoms with Crippen molar-refractivity contribution in [3.05, 3.63) is 40.5 Å². The molecule has 0 radical (unpaired) electrons. The van der Waals surface area contributed by atoms with Gasteiger partial charge in [-0.3, -0.25) is 0 Å². The highest BCUT2D eigenvalue weighted by molar-refractivity contribution is 6.32. The highest BCUT2D eigenvalue weighted by Crippen LogP contribution is 2.24. The third-order valence-electron chi connectivity index (χ3n) is 2.68. The molecule has 0 saturated carbocycles. The molecule has 1 heterocycles. The van der Waals surface area contributed by atoms with E-state index in [4.69, 9.17) is 22.7 Å². The van der Waals surface area contributed by atoms with Gasteiger partial charge in [-0.15, -0.1) is 13.2 Å². The monoisotopic (exact) mass is 345 g/mol. The molecule has 0 saturated heterocycles. The fraction of sp³-hybridized carbons (Fsp3) is 0.154. The summed E-state index contributed by atoms with van der Waals surface area (Å²) >= 11 is 5.85. The molecule has 1 aromatic carbocycles. The third-order valence-corrected chi connectivity index (χ3v) is 2.97. The van der Waals surface area contributed by atoms with Crippen LogP contribution in [0.25, 0.3) is 0 Å². The van der Waals surface area contributed by atoms with E-state index in [1.807, 2.05) is 0 Å². The van der Waals surface area contributed by atoms with Crippen LogP contribution in [0.5, 0.6) is 5.75 Å². The Bertz CT molecular complexity index is 706. The minimum Gasteiger partial charge on any atom is -0.406 e. The van der Waals surface area contributed by atoms with E-state index in [-0.39, 0.29) is 34.8 Å². The van der Waals surface area contributed by atoms with Crippen LogP contribution in [0.1, 0.15) is 11.1 Å². The zero-order chi connectivity index (χ0) is 17.0. The average Bonchev–Trinajstić information content (AvgIpc) is 2.44. The van der Waals surface area contributed by atoms with E-state index < -0.39 is 6.36 Å². The fourth-order valence-corrected chi connectivity index (χ4v) is 1.95. The third kappa shape index (κ3) is 4.71. The Labute approximate surface area is 134 Å². The van der Waals surface area contributed by atoms with Crippen molar-refractivity contribution in [1.29, 1.82) is 5.41 Å². The van der Waals surface area contributed by atoms with Gasteiger partial charge in [-0.05, 0) is 17.7 Å². The maximum atomic E-state index is 12.1. The summed E-state index contributed by atoms with van der Waals surface area (Å²) < 4.78 is 40.0. The summed E-state index contributed by atoms with van der Waals surface area (Å²) in [5.74, 6) is -0.110. The molecule has 6 nitrogen and oxygen atoms in total. The average molecular weight is 346 g/mol. The van der Waals surface area contributed by atoms with Crippen LogP contribution in [-0.2, 0) is 6.54 Å². The second-order valence-corrected chi connectivity index (χ2v) is 4.68. The van der Waals surface area contributed by atoms with Crippen molar-refractivity contribution >= 4 is 29.6 Å². The van der Waals surface area contributed by atoms with Crippen molar-refractivity contribution in [2.75, 3.05) is 11.1 Å². The number of hydrogen-bond acceptors (Lipinski definition) is 6. The molecule has 0 fully saturated rings. The Morgan fingerprint density at radius 3 is 2.48 bits per heavy atom. The maximum absolute atomic E-state index is 12.1. The predicted molar refractivity (Wildman–Crippen MR) is 79.8 cm³/mol. The van der Waals surface area contributed by atoms with Crippen LogP contribution in [0, 0.1) is 5.41 Å². The second kappa shape index (κ2) is 6.69. The summed E-state index contributed by atoms with van der Waals surface area (Å²) in [7, 11) is 0. The van der Waals surface area contributed by atoms with Crippen LogP contribution in [0.3, 0.4) is 0 Å².